The lowest BCUT2D eigenvalue weighted by Gasteiger charge is -2.16. The highest BCUT2D eigenvalue weighted by Gasteiger charge is 2.38. The van der Waals surface area contributed by atoms with Gasteiger partial charge in [0.2, 0.25) is 0 Å². The van der Waals surface area contributed by atoms with Crippen LogP contribution >= 0.6 is 8.58 Å². The van der Waals surface area contributed by atoms with Gasteiger partial charge in [0.15, 0.2) is 0 Å². The van der Waals surface area contributed by atoms with Gasteiger partial charge in [-0.15, -0.1) is 8.58 Å². The Hall–Kier alpha value is 0.100. The fraction of sp³-hybridized carbons (Fsp3) is 0.909. The molecule has 1 aliphatic carbocycles. The average Bonchev–Trinajstić information content (AvgIpc) is 2.82. The average molecular weight is 199 g/mol. The Morgan fingerprint density at radius 1 is 1.62 bits per heavy atom. The van der Waals surface area contributed by atoms with Gasteiger partial charge in [-0.2, -0.15) is 0 Å². The van der Waals surface area contributed by atoms with Crippen LogP contribution in [0.2, 0.25) is 0 Å². The third-order valence-corrected chi connectivity index (χ3v) is 4.01. The van der Waals surface area contributed by atoms with E-state index in [1.807, 2.05) is 7.05 Å². The molecular weight excluding hydrogens is 177 g/mol. The van der Waals surface area contributed by atoms with Crippen LogP contribution in [0.25, 0.3) is 0 Å². The normalized spacial score (nSPS) is 31.2. The molecule has 0 N–H and O–H groups in total. The van der Waals surface area contributed by atoms with Gasteiger partial charge in [-0.05, 0) is 37.5 Å². The molecule has 0 spiro atoms. The summed E-state index contributed by atoms with van der Waals surface area (Å²) in [6.07, 6.45) is 4.01. The Balaban J connectivity index is 2.53. The molecule has 0 aliphatic heterocycles. The van der Waals surface area contributed by atoms with E-state index in [9.17, 15) is 0 Å². The fourth-order valence-corrected chi connectivity index (χ4v) is 3.08. The van der Waals surface area contributed by atoms with Gasteiger partial charge in [0.05, 0.1) is 0 Å². The van der Waals surface area contributed by atoms with Crippen molar-refractivity contribution >= 4 is 14.3 Å². The first-order chi connectivity index (χ1) is 6.24. The van der Waals surface area contributed by atoms with Crippen molar-refractivity contribution in [2.45, 2.75) is 26.7 Å². The molecule has 0 bridgehead atoms. The largest absolute Gasteiger partial charge is 0.297 e. The molecule has 0 aromatic carbocycles. The lowest BCUT2D eigenvalue weighted by atomic mass is 9.98. The van der Waals surface area contributed by atoms with Gasteiger partial charge in [-0.1, -0.05) is 13.8 Å². The molecule has 0 aromatic rings. The molecule has 1 fully saturated rings. The molecule has 1 rings (SSSR count). The summed E-state index contributed by atoms with van der Waals surface area (Å²) in [5.74, 6) is 2.53. The SMILES string of the molecule is CCC(CPC)C(=NC)C1CC1C. The van der Waals surface area contributed by atoms with Crippen molar-refractivity contribution < 1.29 is 0 Å². The Bertz CT molecular complexity index is 189. The number of rotatable bonds is 5. The highest BCUT2D eigenvalue weighted by atomic mass is 31.1. The zero-order chi connectivity index (χ0) is 9.84. The highest BCUT2D eigenvalue weighted by Crippen LogP contribution is 2.42. The van der Waals surface area contributed by atoms with Crippen molar-refractivity contribution in [3.05, 3.63) is 0 Å². The summed E-state index contributed by atoms with van der Waals surface area (Å²) < 4.78 is 0. The Morgan fingerprint density at radius 3 is 2.54 bits per heavy atom. The number of hydrogen-bond donors (Lipinski definition) is 0. The molecule has 13 heavy (non-hydrogen) atoms. The van der Waals surface area contributed by atoms with Crippen LogP contribution in [-0.2, 0) is 0 Å². The molecule has 1 saturated carbocycles. The predicted octanol–water partition coefficient (Wildman–Crippen LogP) is 3.05. The van der Waals surface area contributed by atoms with Gasteiger partial charge < -0.3 is 0 Å². The summed E-state index contributed by atoms with van der Waals surface area (Å²) in [5.41, 5.74) is 1.52. The summed E-state index contributed by atoms with van der Waals surface area (Å²) in [6.45, 7) is 6.94. The van der Waals surface area contributed by atoms with E-state index in [1.54, 1.807) is 0 Å². The van der Waals surface area contributed by atoms with Crippen LogP contribution in [0.3, 0.4) is 0 Å². The summed E-state index contributed by atoms with van der Waals surface area (Å²) in [7, 11) is 3.05. The summed E-state index contributed by atoms with van der Waals surface area (Å²) in [6, 6.07) is 0. The van der Waals surface area contributed by atoms with Gasteiger partial charge in [-0.25, -0.2) is 0 Å². The maximum atomic E-state index is 4.51. The molecule has 1 nitrogen and oxygen atoms in total. The highest BCUT2D eigenvalue weighted by molar-refractivity contribution is 7.37. The van der Waals surface area contributed by atoms with Crippen molar-refractivity contribution in [2.75, 3.05) is 19.9 Å². The molecule has 0 radical (unpaired) electrons. The Morgan fingerprint density at radius 2 is 2.23 bits per heavy atom. The second-order valence-corrected chi connectivity index (χ2v) is 5.25. The first-order valence-electron chi connectivity index (χ1n) is 5.35. The maximum Gasteiger partial charge on any atom is 0.0276 e. The summed E-state index contributed by atoms with van der Waals surface area (Å²) in [5, 5.41) is 0. The lowest BCUT2D eigenvalue weighted by molar-refractivity contribution is 0.714. The minimum Gasteiger partial charge on any atom is -0.297 e. The van der Waals surface area contributed by atoms with Gasteiger partial charge in [0, 0.05) is 18.7 Å². The van der Waals surface area contributed by atoms with Crippen molar-refractivity contribution in [1.29, 1.82) is 0 Å². The van der Waals surface area contributed by atoms with E-state index in [2.05, 4.69) is 25.5 Å². The van der Waals surface area contributed by atoms with Gasteiger partial charge >= 0.3 is 0 Å². The zero-order valence-corrected chi connectivity index (χ0v) is 10.3. The molecule has 0 heterocycles. The molecule has 0 amide bonds. The van der Waals surface area contributed by atoms with E-state index in [1.165, 1.54) is 24.7 Å². The van der Waals surface area contributed by atoms with Crippen LogP contribution in [-0.4, -0.2) is 25.6 Å². The van der Waals surface area contributed by atoms with Crippen LogP contribution in [0.15, 0.2) is 4.99 Å². The fourth-order valence-electron chi connectivity index (χ4n) is 2.09. The zero-order valence-electron chi connectivity index (χ0n) is 9.30. The maximum absolute atomic E-state index is 4.51. The first-order valence-corrected chi connectivity index (χ1v) is 7.06. The van der Waals surface area contributed by atoms with Gasteiger partial charge in [0.1, 0.15) is 0 Å². The second-order valence-electron chi connectivity index (χ2n) is 4.13. The minimum absolute atomic E-state index is 0.781. The van der Waals surface area contributed by atoms with Crippen LogP contribution in [0.1, 0.15) is 26.7 Å². The number of aliphatic imine (C=N–C) groups is 1. The second kappa shape index (κ2) is 5.10. The Labute approximate surface area is 84.2 Å². The summed E-state index contributed by atoms with van der Waals surface area (Å²) in [4.78, 5) is 4.51. The Kier molecular flexibility index (Phi) is 4.38. The first kappa shape index (κ1) is 11.2. The molecule has 2 heteroatoms. The van der Waals surface area contributed by atoms with Crippen LogP contribution in [0.5, 0.6) is 0 Å². The van der Waals surface area contributed by atoms with Crippen LogP contribution in [0, 0.1) is 17.8 Å². The van der Waals surface area contributed by atoms with E-state index in [0.29, 0.717) is 0 Å². The van der Waals surface area contributed by atoms with Crippen molar-refractivity contribution in [2.24, 2.45) is 22.7 Å². The van der Waals surface area contributed by atoms with E-state index in [-0.39, 0.29) is 0 Å². The van der Waals surface area contributed by atoms with Gasteiger partial charge in [-0.3, -0.25) is 4.99 Å². The van der Waals surface area contributed by atoms with Crippen molar-refractivity contribution in [3.63, 3.8) is 0 Å². The van der Waals surface area contributed by atoms with Crippen molar-refractivity contribution in [1.82, 2.24) is 0 Å². The van der Waals surface area contributed by atoms with Crippen LogP contribution < -0.4 is 0 Å². The summed E-state index contributed by atoms with van der Waals surface area (Å²) >= 11 is 0. The van der Waals surface area contributed by atoms with Gasteiger partial charge in [0.25, 0.3) is 0 Å². The third kappa shape index (κ3) is 2.77. The topological polar surface area (TPSA) is 12.4 Å². The number of hydrogen-bond acceptors (Lipinski definition) is 1. The van der Waals surface area contributed by atoms with E-state index >= 15 is 0 Å². The third-order valence-electron chi connectivity index (χ3n) is 3.11. The van der Waals surface area contributed by atoms with E-state index < -0.39 is 0 Å². The van der Waals surface area contributed by atoms with E-state index in [4.69, 9.17) is 0 Å². The molecule has 76 valence electrons. The smallest absolute Gasteiger partial charge is 0.0276 e. The monoisotopic (exact) mass is 199 g/mol. The quantitative estimate of drug-likeness (QED) is 0.476. The molecule has 1 aliphatic rings. The number of nitrogens with zero attached hydrogens (tertiary/aromatic N) is 1. The minimum atomic E-state index is 0.781. The lowest BCUT2D eigenvalue weighted by Crippen LogP contribution is -2.18. The molecule has 0 saturated heterocycles. The standard InChI is InChI=1S/C11H22NP/c1-5-9(7-13-4)11(12-3)10-6-8(10)2/h8-10,13H,5-7H2,1-4H3. The molecular formula is C11H22NP. The molecule has 0 aromatic heterocycles. The predicted molar refractivity (Wildman–Crippen MR) is 63.5 cm³/mol. The molecule has 4 unspecified atom stereocenters. The molecule has 4 atom stereocenters. The van der Waals surface area contributed by atoms with Crippen LogP contribution in [0.4, 0.5) is 0 Å². The van der Waals surface area contributed by atoms with E-state index in [0.717, 1.165) is 26.3 Å². The van der Waals surface area contributed by atoms with Crippen molar-refractivity contribution in [3.8, 4) is 0 Å².